The predicted octanol–water partition coefficient (Wildman–Crippen LogP) is -0.481. The SMILES string of the molecule is Cl.O.O.O.O=C(O)CN(CCN(CC(=O)O)Cc1ccccc1O)Cc1ccccc1O. The number of aromatic hydroxyl groups is 2. The van der Waals surface area contributed by atoms with Gasteiger partial charge in [0.1, 0.15) is 11.5 Å². The van der Waals surface area contributed by atoms with Gasteiger partial charge in [-0.1, -0.05) is 36.4 Å². The van der Waals surface area contributed by atoms with Gasteiger partial charge in [-0.2, -0.15) is 0 Å². The molecule has 2 rings (SSSR count). The molecule has 0 radical (unpaired) electrons. The Morgan fingerprint density at radius 2 is 0.969 bits per heavy atom. The number of halogens is 1. The van der Waals surface area contributed by atoms with Crippen LogP contribution in [0.3, 0.4) is 0 Å². The van der Waals surface area contributed by atoms with Crippen LogP contribution >= 0.6 is 12.4 Å². The number of hydrogen-bond acceptors (Lipinski definition) is 6. The van der Waals surface area contributed by atoms with E-state index in [0.717, 1.165) is 0 Å². The highest BCUT2D eigenvalue weighted by Gasteiger charge is 2.17. The lowest BCUT2D eigenvalue weighted by Gasteiger charge is -2.26. The van der Waals surface area contributed by atoms with E-state index in [4.69, 9.17) is 10.2 Å². The zero-order chi connectivity index (χ0) is 20.5. The zero-order valence-corrected chi connectivity index (χ0v) is 18.1. The van der Waals surface area contributed by atoms with Crippen LogP contribution in [0.15, 0.2) is 48.5 Å². The van der Waals surface area contributed by atoms with E-state index in [2.05, 4.69) is 0 Å². The fraction of sp³-hybridized carbons (Fsp3) is 0.300. The van der Waals surface area contributed by atoms with Crippen molar-refractivity contribution in [3.63, 3.8) is 0 Å². The smallest absolute Gasteiger partial charge is 0.317 e. The maximum absolute atomic E-state index is 11.2. The van der Waals surface area contributed by atoms with Gasteiger partial charge in [-0.3, -0.25) is 19.4 Å². The van der Waals surface area contributed by atoms with E-state index < -0.39 is 11.9 Å². The van der Waals surface area contributed by atoms with Crippen LogP contribution in [0.25, 0.3) is 0 Å². The van der Waals surface area contributed by atoms with Crippen LogP contribution in [0.2, 0.25) is 0 Å². The average Bonchev–Trinajstić information content (AvgIpc) is 2.62. The Bertz CT molecular complexity index is 756. The molecule has 0 amide bonds. The van der Waals surface area contributed by atoms with Crippen molar-refractivity contribution >= 4 is 24.3 Å². The molecule has 0 aliphatic carbocycles. The quantitative estimate of drug-likeness (QED) is 0.329. The molecule has 0 bridgehead atoms. The Kier molecular flexibility index (Phi) is 17.6. The lowest BCUT2D eigenvalue weighted by molar-refractivity contribution is -0.140. The van der Waals surface area contributed by atoms with Crippen LogP contribution < -0.4 is 0 Å². The molecule has 182 valence electrons. The van der Waals surface area contributed by atoms with Gasteiger partial charge >= 0.3 is 11.9 Å². The molecule has 0 heterocycles. The van der Waals surface area contributed by atoms with Crippen molar-refractivity contribution in [1.82, 2.24) is 9.80 Å². The van der Waals surface area contributed by atoms with E-state index in [-0.39, 0.29) is 79.6 Å². The first-order chi connectivity index (χ1) is 13.3. The number of rotatable bonds is 11. The average molecular weight is 479 g/mol. The summed E-state index contributed by atoms with van der Waals surface area (Å²) < 4.78 is 0. The largest absolute Gasteiger partial charge is 0.508 e. The van der Waals surface area contributed by atoms with Crippen LogP contribution in [0.5, 0.6) is 11.5 Å². The molecule has 32 heavy (non-hydrogen) atoms. The number of carbonyl (C=O) groups is 2. The second-order valence-electron chi connectivity index (χ2n) is 6.47. The number of phenols is 2. The molecule has 0 saturated carbocycles. The van der Waals surface area contributed by atoms with Crippen molar-refractivity contribution in [3.05, 3.63) is 59.7 Å². The molecular weight excluding hydrogens is 448 g/mol. The first kappa shape index (κ1) is 33.7. The summed E-state index contributed by atoms with van der Waals surface area (Å²) in [7, 11) is 0. The first-order valence-electron chi connectivity index (χ1n) is 8.77. The number of phenolic OH excluding ortho intramolecular Hbond substituents is 2. The lowest BCUT2D eigenvalue weighted by atomic mass is 10.1. The van der Waals surface area contributed by atoms with Crippen molar-refractivity contribution in [2.24, 2.45) is 0 Å². The maximum Gasteiger partial charge on any atom is 0.317 e. The fourth-order valence-corrected chi connectivity index (χ4v) is 2.86. The molecule has 0 fully saturated rings. The number of aliphatic carboxylic acids is 2. The number of carboxylic acid groups (broad SMARTS) is 2. The number of nitrogens with zero attached hydrogens (tertiary/aromatic N) is 2. The minimum Gasteiger partial charge on any atom is -0.508 e. The fourth-order valence-electron chi connectivity index (χ4n) is 2.86. The highest BCUT2D eigenvalue weighted by molar-refractivity contribution is 5.85. The van der Waals surface area contributed by atoms with Gasteiger partial charge in [-0.25, -0.2) is 0 Å². The van der Waals surface area contributed by atoms with Gasteiger partial charge in [0.2, 0.25) is 0 Å². The third kappa shape index (κ3) is 11.5. The maximum atomic E-state index is 11.2. The van der Waals surface area contributed by atoms with Crippen molar-refractivity contribution < 1.29 is 46.4 Å². The van der Waals surface area contributed by atoms with E-state index in [9.17, 15) is 19.8 Å². The Morgan fingerprint density at radius 3 is 1.25 bits per heavy atom. The van der Waals surface area contributed by atoms with Crippen molar-refractivity contribution in [1.29, 1.82) is 0 Å². The number of carboxylic acids is 2. The molecule has 11 nitrogen and oxygen atoms in total. The van der Waals surface area contributed by atoms with Gasteiger partial charge in [-0.15, -0.1) is 12.4 Å². The molecule has 12 heteroatoms. The first-order valence-corrected chi connectivity index (χ1v) is 8.77. The zero-order valence-electron chi connectivity index (χ0n) is 17.3. The highest BCUT2D eigenvalue weighted by atomic mass is 35.5. The van der Waals surface area contributed by atoms with Gasteiger partial charge in [0.15, 0.2) is 0 Å². The van der Waals surface area contributed by atoms with Gasteiger partial charge in [-0.05, 0) is 12.1 Å². The third-order valence-corrected chi connectivity index (χ3v) is 4.22. The summed E-state index contributed by atoms with van der Waals surface area (Å²) in [6.07, 6.45) is 0. The van der Waals surface area contributed by atoms with E-state index in [0.29, 0.717) is 11.1 Å². The number of hydrogen-bond donors (Lipinski definition) is 4. The molecule has 0 spiro atoms. The summed E-state index contributed by atoms with van der Waals surface area (Å²) in [4.78, 5) is 25.6. The second-order valence-corrected chi connectivity index (χ2v) is 6.47. The van der Waals surface area contributed by atoms with Crippen LogP contribution in [0, 0.1) is 0 Å². The van der Waals surface area contributed by atoms with Gasteiger partial charge in [0.25, 0.3) is 0 Å². The van der Waals surface area contributed by atoms with Gasteiger partial charge in [0, 0.05) is 37.3 Å². The summed E-state index contributed by atoms with van der Waals surface area (Å²) in [6, 6.07) is 13.4. The van der Waals surface area contributed by atoms with Crippen molar-refractivity contribution in [2.45, 2.75) is 13.1 Å². The van der Waals surface area contributed by atoms with Crippen LogP contribution in [0.1, 0.15) is 11.1 Å². The Morgan fingerprint density at radius 1 is 0.656 bits per heavy atom. The summed E-state index contributed by atoms with van der Waals surface area (Å²) >= 11 is 0. The van der Waals surface area contributed by atoms with E-state index in [1.54, 1.807) is 46.2 Å². The van der Waals surface area contributed by atoms with Crippen molar-refractivity contribution in [3.8, 4) is 11.5 Å². The molecule has 0 aliphatic rings. The van der Waals surface area contributed by atoms with Gasteiger partial charge in [0.05, 0.1) is 13.1 Å². The molecule has 0 unspecified atom stereocenters. The standard InChI is InChI=1S/C20H24N2O6.ClH.3H2O/c23-17-7-3-1-5-15(17)11-21(13-19(25)26)9-10-22(14-20(27)28)12-16-6-2-4-8-18(16)24;;;;/h1-8,23-24H,9-14H2,(H,25,26)(H,27,28);1H;3*1H2. The Balaban J connectivity index is -0.00000210. The minimum absolute atomic E-state index is 0. The number of para-hydroxylation sites is 2. The highest BCUT2D eigenvalue weighted by Crippen LogP contribution is 2.19. The molecule has 0 aliphatic heterocycles. The van der Waals surface area contributed by atoms with Crippen LogP contribution in [0.4, 0.5) is 0 Å². The van der Waals surface area contributed by atoms with Crippen LogP contribution in [-0.2, 0) is 22.7 Å². The molecular formula is C20H31ClN2O9. The van der Waals surface area contributed by atoms with Gasteiger partial charge < -0.3 is 36.9 Å². The molecule has 0 saturated heterocycles. The number of benzene rings is 2. The molecule has 0 aromatic heterocycles. The second kappa shape index (κ2) is 16.7. The van der Waals surface area contributed by atoms with E-state index >= 15 is 0 Å². The molecule has 0 atom stereocenters. The molecule has 10 N–H and O–H groups in total. The monoisotopic (exact) mass is 478 g/mol. The van der Waals surface area contributed by atoms with Crippen LogP contribution in [-0.4, -0.2) is 84.8 Å². The van der Waals surface area contributed by atoms with E-state index in [1.807, 2.05) is 0 Å². The van der Waals surface area contributed by atoms with E-state index in [1.165, 1.54) is 12.1 Å². The summed E-state index contributed by atoms with van der Waals surface area (Å²) in [6.45, 7) is 0.508. The Labute approximate surface area is 191 Å². The summed E-state index contributed by atoms with van der Waals surface area (Å²) in [5.41, 5.74) is 1.18. The molecule has 2 aromatic carbocycles. The normalized spacial score (nSPS) is 9.69. The third-order valence-electron chi connectivity index (χ3n) is 4.22. The molecule has 2 aromatic rings. The summed E-state index contributed by atoms with van der Waals surface area (Å²) in [5.74, 6) is -1.87. The topological polar surface area (TPSA) is 216 Å². The Hall–Kier alpha value is -2.93. The summed E-state index contributed by atoms with van der Waals surface area (Å²) in [5, 5.41) is 38.2. The minimum atomic E-state index is -1.01. The predicted molar refractivity (Wildman–Crippen MR) is 120 cm³/mol. The lowest BCUT2D eigenvalue weighted by Crippen LogP contribution is -2.39. The van der Waals surface area contributed by atoms with Crippen molar-refractivity contribution in [2.75, 3.05) is 26.2 Å².